The molecule has 0 aromatic carbocycles. The van der Waals surface area contributed by atoms with Crippen LogP contribution in [0.2, 0.25) is 0 Å². The Labute approximate surface area is 98.0 Å². The maximum absolute atomic E-state index is 11.3. The first kappa shape index (κ1) is 12.8. The molecule has 0 radical (unpaired) electrons. The Hall–Kier alpha value is -0.220. The van der Waals surface area contributed by atoms with Crippen LogP contribution in [-0.2, 0) is 4.79 Å². The highest BCUT2D eigenvalue weighted by Crippen LogP contribution is 2.11. The molecule has 1 heterocycles. The Bertz CT molecular complexity index is 203. The quantitative estimate of drug-likeness (QED) is 0.714. The summed E-state index contributed by atoms with van der Waals surface area (Å²) in [5.41, 5.74) is 0. The highest BCUT2D eigenvalue weighted by Gasteiger charge is 2.17. The van der Waals surface area contributed by atoms with Gasteiger partial charge in [0.2, 0.25) is 5.91 Å². The van der Waals surface area contributed by atoms with E-state index in [0.717, 1.165) is 6.54 Å². The Balaban J connectivity index is 2.22. The van der Waals surface area contributed by atoms with Crippen molar-refractivity contribution >= 4 is 18.5 Å². The van der Waals surface area contributed by atoms with Gasteiger partial charge in [-0.25, -0.2) is 0 Å². The van der Waals surface area contributed by atoms with Crippen LogP contribution in [0.25, 0.3) is 0 Å². The summed E-state index contributed by atoms with van der Waals surface area (Å²) in [6, 6.07) is 0.446. The van der Waals surface area contributed by atoms with Crippen molar-refractivity contribution in [3.8, 4) is 0 Å². The minimum Gasteiger partial charge on any atom is -0.354 e. The van der Waals surface area contributed by atoms with Gasteiger partial charge in [0.25, 0.3) is 0 Å². The zero-order chi connectivity index (χ0) is 11.3. The van der Waals surface area contributed by atoms with Crippen LogP contribution < -0.4 is 5.32 Å². The summed E-state index contributed by atoms with van der Waals surface area (Å²) in [5, 5.41) is 2.71. The number of thiol groups is 1. The predicted octanol–water partition coefficient (Wildman–Crippen LogP) is 1.30. The van der Waals surface area contributed by atoms with Gasteiger partial charge >= 0.3 is 0 Å². The fourth-order valence-electron chi connectivity index (χ4n) is 1.88. The second-order valence-electron chi connectivity index (χ2n) is 4.37. The number of likely N-dealkylation sites (tertiary alicyclic amines) is 1. The smallest absolute Gasteiger partial charge is 0.232 e. The number of carbonyl (C=O) groups is 1. The van der Waals surface area contributed by atoms with Crippen LogP contribution >= 0.6 is 12.6 Å². The van der Waals surface area contributed by atoms with Crippen LogP contribution in [0.15, 0.2) is 0 Å². The van der Waals surface area contributed by atoms with Crippen LogP contribution in [0, 0.1) is 0 Å². The summed E-state index contributed by atoms with van der Waals surface area (Å²) >= 11 is 4.10. The molecule has 0 spiro atoms. The number of nitrogens with one attached hydrogen (secondary N) is 1. The maximum Gasteiger partial charge on any atom is 0.232 e. The van der Waals surface area contributed by atoms with Gasteiger partial charge in [0.05, 0.1) is 5.25 Å². The normalized spacial score (nSPS) is 22.1. The van der Waals surface area contributed by atoms with Gasteiger partial charge in [0, 0.05) is 12.6 Å². The molecule has 2 atom stereocenters. The molecule has 1 aliphatic rings. The summed E-state index contributed by atoms with van der Waals surface area (Å²) in [4.78, 5) is 13.8. The molecule has 1 aliphatic heterocycles. The van der Waals surface area contributed by atoms with Crippen LogP contribution in [0.1, 0.15) is 33.1 Å². The van der Waals surface area contributed by atoms with Crippen molar-refractivity contribution in [2.45, 2.75) is 44.4 Å². The average Bonchev–Trinajstić information content (AvgIpc) is 2.26. The van der Waals surface area contributed by atoms with Crippen molar-refractivity contribution in [3.63, 3.8) is 0 Å². The SMILES string of the molecule is CC(S)C(=O)NCC(C)N1CCCCC1. The van der Waals surface area contributed by atoms with E-state index in [4.69, 9.17) is 0 Å². The molecule has 2 unspecified atom stereocenters. The summed E-state index contributed by atoms with van der Waals surface area (Å²) in [6.45, 7) is 7.06. The molecule has 88 valence electrons. The van der Waals surface area contributed by atoms with E-state index in [1.54, 1.807) is 6.92 Å². The monoisotopic (exact) mass is 230 g/mol. The first-order valence-electron chi connectivity index (χ1n) is 5.81. The van der Waals surface area contributed by atoms with Gasteiger partial charge < -0.3 is 5.32 Å². The fourth-order valence-corrected chi connectivity index (χ4v) is 1.98. The van der Waals surface area contributed by atoms with Crippen molar-refractivity contribution in [3.05, 3.63) is 0 Å². The van der Waals surface area contributed by atoms with Crippen molar-refractivity contribution < 1.29 is 4.79 Å². The maximum atomic E-state index is 11.3. The third kappa shape index (κ3) is 4.43. The van der Waals surface area contributed by atoms with Gasteiger partial charge in [-0.05, 0) is 39.8 Å². The van der Waals surface area contributed by atoms with Gasteiger partial charge in [-0.3, -0.25) is 9.69 Å². The zero-order valence-electron chi connectivity index (χ0n) is 9.70. The summed E-state index contributed by atoms with van der Waals surface area (Å²) < 4.78 is 0. The van der Waals surface area contributed by atoms with Gasteiger partial charge in [0.1, 0.15) is 0 Å². The topological polar surface area (TPSA) is 32.3 Å². The average molecular weight is 230 g/mol. The van der Waals surface area contributed by atoms with E-state index >= 15 is 0 Å². The van der Waals surface area contributed by atoms with E-state index in [0.29, 0.717) is 6.04 Å². The molecule has 1 saturated heterocycles. The number of carbonyl (C=O) groups excluding carboxylic acids is 1. The number of hydrogen-bond acceptors (Lipinski definition) is 3. The molecule has 15 heavy (non-hydrogen) atoms. The molecule has 1 amide bonds. The first-order valence-corrected chi connectivity index (χ1v) is 6.32. The van der Waals surface area contributed by atoms with Gasteiger partial charge in [-0.15, -0.1) is 0 Å². The van der Waals surface area contributed by atoms with E-state index in [2.05, 4.69) is 29.8 Å². The molecule has 3 nitrogen and oxygen atoms in total. The molecular formula is C11H22N2OS. The van der Waals surface area contributed by atoms with Crippen LogP contribution in [0.5, 0.6) is 0 Å². The third-order valence-electron chi connectivity index (χ3n) is 2.97. The highest BCUT2D eigenvalue weighted by molar-refractivity contribution is 7.81. The number of amides is 1. The van der Waals surface area contributed by atoms with E-state index in [1.807, 2.05) is 0 Å². The Kier molecular flexibility index (Phi) is 5.47. The van der Waals surface area contributed by atoms with E-state index in [9.17, 15) is 4.79 Å². The molecule has 0 bridgehead atoms. The lowest BCUT2D eigenvalue weighted by Gasteiger charge is -2.32. The minimum absolute atomic E-state index is 0.0298. The summed E-state index contributed by atoms with van der Waals surface area (Å²) in [5.74, 6) is 0.0298. The molecular weight excluding hydrogens is 208 g/mol. The lowest BCUT2D eigenvalue weighted by molar-refractivity contribution is -0.120. The molecule has 1 N–H and O–H groups in total. The van der Waals surface area contributed by atoms with Gasteiger partial charge in [-0.2, -0.15) is 12.6 Å². The Morgan fingerprint density at radius 3 is 2.47 bits per heavy atom. The van der Waals surface area contributed by atoms with Crippen molar-refractivity contribution in [1.82, 2.24) is 10.2 Å². The van der Waals surface area contributed by atoms with Gasteiger partial charge in [-0.1, -0.05) is 6.42 Å². The first-order chi connectivity index (χ1) is 7.11. The molecule has 1 rings (SSSR count). The lowest BCUT2D eigenvalue weighted by atomic mass is 10.1. The fraction of sp³-hybridized carbons (Fsp3) is 0.909. The largest absolute Gasteiger partial charge is 0.354 e. The van der Waals surface area contributed by atoms with Crippen molar-refractivity contribution in [2.75, 3.05) is 19.6 Å². The van der Waals surface area contributed by atoms with E-state index < -0.39 is 0 Å². The zero-order valence-corrected chi connectivity index (χ0v) is 10.6. The molecule has 0 saturated carbocycles. The molecule has 0 aromatic rings. The Morgan fingerprint density at radius 2 is 1.93 bits per heavy atom. The predicted molar refractivity (Wildman–Crippen MR) is 66.3 cm³/mol. The second-order valence-corrected chi connectivity index (χ2v) is 5.14. The van der Waals surface area contributed by atoms with Crippen LogP contribution in [-0.4, -0.2) is 41.7 Å². The molecule has 4 heteroatoms. The number of piperidine rings is 1. The molecule has 0 aliphatic carbocycles. The standard InChI is InChI=1S/C11H22N2OS/c1-9(8-12-11(14)10(2)15)13-6-4-3-5-7-13/h9-10,15H,3-8H2,1-2H3,(H,12,14). The number of nitrogens with zero attached hydrogens (tertiary/aromatic N) is 1. The molecule has 1 fully saturated rings. The Morgan fingerprint density at radius 1 is 1.33 bits per heavy atom. The number of hydrogen-bond donors (Lipinski definition) is 2. The molecule has 0 aromatic heterocycles. The highest BCUT2D eigenvalue weighted by atomic mass is 32.1. The van der Waals surface area contributed by atoms with Crippen molar-refractivity contribution in [1.29, 1.82) is 0 Å². The van der Waals surface area contributed by atoms with E-state index in [-0.39, 0.29) is 11.2 Å². The van der Waals surface area contributed by atoms with Crippen LogP contribution in [0.3, 0.4) is 0 Å². The second kappa shape index (κ2) is 6.38. The summed E-state index contributed by atoms with van der Waals surface area (Å²) in [7, 11) is 0. The lowest BCUT2D eigenvalue weighted by Crippen LogP contribution is -2.45. The van der Waals surface area contributed by atoms with E-state index in [1.165, 1.54) is 32.4 Å². The third-order valence-corrected chi connectivity index (χ3v) is 3.20. The van der Waals surface area contributed by atoms with Crippen LogP contribution in [0.4, 0.5) is 0 Å². The summed E-state index contributed by atoms with van der Waals surface area (Å²) in [6.07, 6.45) is 3.94. The van der Waals surface area contributed by atoms with Gasteiger partial charge in [0.15, 0.2) is 0 Å². The van der Waals surface area contributed by atoms with Crippen molar-refractivity contribution in [2.24, 2.45) is 0 Å². The number of rotatable bonds is 4. The minimum atomic E-state index is -0.210.